The van der Waals surface area contributed by atoms with Crippen LogP contribution in [0.4, 0.5) is 0 Å². The second-order valence-electron chi connectivity index (χ2n) is 8.64. The van der Waals surface area contributed by atoms with E-state index in [1.807, 2.05) is 42.6 Å². The van der Waals surface area contributed by atoms with Crippen LogP contribution in [0.25, 0.3) is 10.9 Å². The molecule has 0 bridgehead atoms. The monoisotopic (exact) mass is 425 g/mol. The molecule has 160 valence electrons. The summed E-state index contributed by atoms with van der Waals surface area (Å²) in [6, 6.07) is 15.3. The van der Waals surface area contributed by atoms with Gasteiger partial charge >= 0.3 is 0 Å². The molecule has 0 N–H and O–H groups in total. The minimum atomic E-state index is -3.67. The van der Waals surface area contributed by atoms with Crippen molar-refractivity contribution in [3.63, 3.8) is 0 Å². The van der Waals surface area contributed by atoms with Crippen molar-refractivity contribution in [1.29, 1.82) is 0 Å². The van der Waals surface area contributed by atoms with Gasteiger partial charge in [0.1, 0.15) is 0 Å². The number of para-hydroxylation sites is 1. The van der Waals surface area contributed by atoms with Crippen LogP contribution >= 0.6 is 0 Å². The van der Waals surface area contributed by atoms with Crippen LogP contribution in [0, 0.1) is 0 Å². The summed E-state index contributed by atoms with van der Waals surface area (Å²) in [5.41, 5.74) is 2.94. The lowest BCUT2D eigenvalue weighted by Gasteiger charge is -2.36. The maximum absolute atomic E-state index is 13.5. The zero-order valence-corrected chi connectivity index (χ0v) is 19.1. The Morgan fingerprint density at radius 1 is 0.867 bits per heavy atom. The predicted octanol–water partition coefficient (Wildman–Crippen LogP) is 4.31. The Morgan fingerprint density at radius 2 is 1.50 bits per heavy atom. The lowest BCUT2D eigenvalue weighted by atomic mass is 10.0. The van der Waals surface area contributed by atoms with E-state index < -0.39 is 10.0 Å². The van der Waals surface area contributed by atoms with E-state index in [1.54, 1.807) is 12.1 Å². The molecule has 0 radical (unpaired) electrons. The Kier molecular flexibility index (Phi) is 5.75. The Morgan fingerprint density at radius 3 is 2.13 bits per heavy atom. The van der Waals surface area contributed by atoms with Crippen LogP contribution in [-0.4, -0.2) is 55.4 Å². The largest absolute Gasteiger partial charge is 0.304 e. The van der Waals surface area contributed by atoms with Crippen LogP contribution in [-0.2, 0) is 10.0 Å². The smallest absolute Gasteiger partial charge is 0.268 e. The number of likely N-dealkylation sites (N-methyl/N-ethyl adjacent to an activating group) is 1. The molecule has 1 atom stereocenters. The van der Waals surface area contributed by atoms with Gasteiger partial charge in [0.25, 0.3) is 10.0 Å². The van der Waals surface area contributed by atoms with Crippen LogP contribution in [0.3, 0.4) is 0 Å². The lowest BCUT2D eigenvalue weighted by Crippen LogP contribution is -2.45. The standard InChI is InChI=1S/C24H31N3O2S/c1-18(2)20-9-11-21(12-10-20)30(28,29)27-17-23(22-7-5-6-8-24(22)27)19(3)26-15-13-25(4)14-16-26/h5-12,17-19H,13-16H2,1-4H3/t19-/m0/s1. The summed E-state index contributed by atoms with van der Waals surface area (Å²) in [7, 11) is -1.53. The lowest BCUT2D eigenvalue weighted by molar-refractivity contribution is 0.119. The maximum atomic E-state index is 13.5. The van der Waals surface area contributed by atoms with Crippen LogP contribution in [0.1, 0.15) is 43.9 Å². The van der Waals surface area contributed by atoms with Gasteiger partial charge in [-0.2, -0.15) is 0 Å². The first-order chi connectivity index (χ1) is 14.3. The van der Waals surface area contributed by atoms with Crippen molar-refractivity contribution >= 4 is 20.9 Å². The maximum Gasteiger partial charge on any atom is 0.268 e. The van der Waals surface area contributed by atoms with Crippen molar-refractivity contribution in [1.82, 2.24) is 13.8 Å². The molecule has 30 heavy (non-hydrogen) atoms. The van der Waals surface area contributed by atoms with E-state index in [4.69, 9.17) is 0 Å². The van der Waals surface area contributed by atoms with Crippen molar-refractivity contribution in [3.05, 3.63) is 65.9 Å². The fourth-order valence-electron chi connectivity index (χ4n) is 4.25. The van der Waals surface area contributed by atoms with Gasteiger partial charge in [0.2, 0.25) is 0 Å². The Bertz CT molecular complexity index is 1120. The van der Waals surface area contributed by atoms with E-state index in [0.717, 1.165) is 48.2 Å². The van der Waals surface area contributed by atoms with Gasteiger partial charge in [-0.3, -0.25) is 4.90 Å². The number of fused-ring (bicyclic) bond motifs is 1. The topological polar surface area (TPSA) is 45.6 Å². The first kappa shape index (κ1) is 21.1. The number of nitrogens with zero attached hydrogens (tertiary/aromatic N) is 3. The number of benzene rings is 2. The molecule has 0 spiro atoms. The van der Waals surface area contributed by atoms with E-state index in [1.165, 1.54) is 3.97 Å². The van der Waals surface area contributed by atoms with Crippen molar-refractivity contribution in [2.24, 2.45) is 0 Å². The minimum absolute atomic E-state index is 0.156. The van der Waals surface area contributed by atoms with Crippen LogP contribution in [0.5, 0.6) is 0 Å². The molecule has 0 amide bonds. The average Bonchev–Trinajstić information content (AvgIpc) is 3.14. The molecule has 5 nitrogen and oxygen atoms in total. The molecule has 1 fully saturated rings. The third-order valence-corrected chi connectivity index (χ3v) is 8.04. The highest BCUT2D eigenvalue weighted by atomic mass is 32.2. The second kappa shape index (κ2) is 8.17. The van der Waals surface area contributed by atoms with Crippen molar-refractivity contribution in [3.8, 4) is 0 Å². The molecular weight excluding hydrogens is 394 g/mol. The number of hydrogen-bond donors (Lipinski definition) is 0. The highest BCUT2D eigenvalue weighted by Crippen LogP contribution is 2.33. The minimum Gasteiger partial charge on any atom is -0.304 e. The van der Waals surface area contributed by atoms with Gasteiger partial charge in [0.05, 0.1) is 10.4 Å². The average molecular weight is 426 g/mol. The zero-order valence-electron chi connectivity index (χ0n) is 18.2. The fraction of sp³-hybridized carbons (Fsp3) is 0.417. The summed E-state index contributed by atoms with van der Waals surface area (Å²) in [5, 5.41) is 1.01. The first-order valence-corrected chi connectivity index (χ1v) is 12.1. The fourth-order valence-corrected chi connectivity index (χ4v) is 5.63. The number of piperazine rings is 1. The second-order valence-corrected chi connectivity index (χ2v) is 10.5. The normalized spacial score (nSPS) is 17.6. The Hall–Kier alpha value is -2.15. The molecule has 1 aliphatic heterocycles. The van der Waals surface area contributed by atoms with E-state index in [0.29, 0.717) is 10.8 Å². The summed E-state index contributed by atoms with van der Waals surface area (Å²) in [6.45, 7) is 10.4. The van der Waals surface area contributed by atoms with E-state index in [9.17, 15) is 8.42 Å². The van der Waals surface area contributed by atoms with E-state index in [-0.39, 0.29) is 6.04 Å². The van der Waals surface area contributed by atoms with Gasteiger partial charge in [-0.1, -0.05) is 44.2 Å². The highest BCUT2D eigenvalue weighted by Gasteiger charge is 2.26. The molecule has 2 heterocycles. The molecule has 4 rings (SSSR count). The third kappa shape index (κ3) is 3.80. The number of aromatic nitrogens is 1. The predicted molar refractivity (Wildman–Crippen MR) is 123 cm³/mol. The summed E-state index contributed by atoms with van der Waals surface area (Å²) in [5.74, 6) is 0.366. The number of rotatable bonds is 5. The molecule has 0 unspecified atom stereocenters. The van der Waals surface area contributed by atoms with Crippen molar-refractivity contribution < 1.29 is 8.42 Å². The van der Waals surface area contributed by atoms with Crippen molar-refractivity contribution in [2.75, 3.05) is 33.2 Å². The molecule has 6 heteroatoms. The van der Waals surface area contributed by atoms with Crippen LogP contribution in [0.15, 0.2) is 59.6 Å². The zero-order chi connectivity index (χ0) is 21.5. The SMILES string of the molecule is CC(C)c1ccc(S(=O)(=O)n2cc([C@H](C)N3CCN(C)CC3)c3ccccc32)cc1. The van der Waals surface area contributed by atoms with Crippen LogP contribution in [0.2, 0.25) is 0 Å². The summed E-state index contributed by atoms with van der Waals surface area (Å²) in [6.07, 6.45) is 1.83. The van der Waals surface area contributed by atoms with Gasteiger partial charge in [-0.25, -0.2) is 12.4 Å². The van der Waals surface area contributed by atoms with E-state index >= 15 is 0 Å². The summed E-state index contributed by atoms with van der Waals surface area (Å²) in [4.78, 5) is 5.10. The third-order valence-electron chi connectivity index (χ3n) is 6.35. The van der Waals surface area contributed by atoms with E-state index in [2.05, 4.69) is 37.6 Å². The Labute approximate surface area is 180 Å². The molecule has 2 aromatic carbocycles. The molecule has 1 aliphatic rings. The molecule has 0 aliphatic carbocycles. The molecular formula is C24H31N3O2S. The van der Waals surface area contributed by atoms with Gasteiger partial charge < -0.3 is 4.90 Å². The molecule has 1 saturated heterocycles. The van der Waals surface area contributed by atoms with Gasteiger partial charge in [0, 0.05) is 43.8 Å². The van der Waals surface area contributed by atoms with Gasteiger partial charge in [-0.05, 0) is 49.2 Å². The molecule has 1 aromatic heterocycles. The Balaban J connectivity index is 1.76. The molecule has 3 aromatic rings. The molecule has 0 saturated carbocycles. The summed E-state index contributed by atoms with van der Waals surface area (Å²) >= 11 is 0. The van der Waals surface area contributed by atoms with Crippen molar-refractivity contribution in [2.45, 2.75) is 37.6 Å². The highest BCUT2D eigenvalue weighted by molar-refractivity contribution is 7.90. The van der Waals surface area contributed by atoms with Gasteiger partial charge in [-0.15, -0.1) is 0 Å². The quantitative estimate of drug-likeness (QED) is 0.611. The number of hydrogen-bond acceptors (Lipinski definition) is 4. The first-order valence-electron chi connectivity index (χ1n) is 10.7. The summed E-state index contributed by atoms with van der Waals surface area (Å²) < 4.78 is 28.5. The van der Waals surface area contributed by atoms with Crippen LogP contribution < -0.4 is 0 Å². The van der Waals surface area contributed by atoms with Gasteiger partial charge in [0.15, 0.2) is 0 Å².